The zero-order valence-electron chi connectivity index (χ0n) is 9.02. The standard InChI is InChI=1S/C12H16O2/c1-12(2,3)11-7-8-6-9(13)4-5-10(8)14-11/h7H,4-6H2,1-3H3. The van der Waals surface area contributed by atoms with E-state index in [1.165, 1.54) is 0 Å². The second-order valence-corrected chi connectivity index (χ2v) is 5.02. The lowest BCUT2D eigenvalue weighted by atomic mass is 9.91. The van der Waals surface area contributed by atoms with Crippen LogP contribution in [0.25, 0.3) is 0 Å². The minimum atomic E-state index is 0.0421. The highest BCUT2D eigenvalue weighted by Gasteiger charge is 2.25. The van der Waals surface area contributed by atoms with E-state index < -0.39 is 0 Å². The molecule has 0 bridgehead atoms. The Balaban J connectivity index is 2.37. The summed E-state index contributed by atoms with van der Waals surface area (Å²) < 4.78 is 5.77. The normalized spacial score (nSPS) is 16.9. The molecule has 1 aromatic heterocycles. The summed E-state index contributed by atoms with van der Waals surface area (Å²) in [5.41, 5.74) is 1.14. The van der Waals surface area contributed by atoms with Crippen LogP contribution in [0.1, 0.15) is 44.3 Å². The van der Waals surface area contributed by atoms with Gasteiger partial charge in [-0.3, -0.25) is 4.79 Å². The number of rotatable bonds is 0. The lowest BCUT2D eigenvalue weighted by Gasteiger charge is -2.13. The predicted molar refractivity (Wildman–Crippen MR) is 54.4 cm³/mol. The number of aryl methyl sites for hydroxylation is 1. The Labute approximate surface area is 84.3 Å². The molecule has 0 aliphatic heterocycles. The van der Waals surface area contributed by atoms with Gasteiger partial charge in [0.25, 0.3) is 0 Å². The molecule has 0 saturated heterocycles. The zero-order valence-corrected chi connectivity index (χ0v) is 9.02. The van der Waals surface area contributed by atoms with E-state index in [1.54, 1.807) is 0 Å². The summed E-state index contributed by atoms with van der Waals surface area (Å²) >= 11 is 0. The Bertz CT molecular complexity index is 366. The molecule has 2 rings (SSSR count). The minimum Gasteiger partial charge on any atom is -0.465 e. The first-order valence-electron chi connectivity index (χ1n) is 5.10. The largest absolute Gasteiger partial charge is 0.465 e. The van der Waals surface area contributed by atoms with Crippen LogP contribution in [-0.4, -0.2) is 5.78 Å². The van der Waals surface area contributed by atoms with Gasteiger partial charge in [-0.15, -0.1) is 0 Å². The number of fused-ring (bicyclic) bond motifs is 1. The second kappa shape index (κ2) is 2.97. The lowest BCUT2D eigenvalue weighted by molar-refractivity contribution is -0.118. The molecule has 14 heavy (non-hydrogen) atoms. The monoisotopic (exact) mass is 192 g/mol. The summed E-state index contributed by atoms with van der Waals surface area (Å²) in [7, 11) is 0. The molecule has 0 atom stereocenters. The fourth-order valence-corrected chi connectivity index (χ4v) is 1.75. The molecule has 0 radical (unpaired) electrons. The third-order valence-electron chi connectivity index (χ3n) is 2.65. The molecular formula is C12H16O2. The summed E-state index contributed by atoms with van der Waals surface area (Å²) in [5.74, 6) is 2.35. The number of ketones is 1. The summed E-state index contributed by atoms with van der Waals surface area (Å²) in [6.45, 7) is 6.37. The van der Waals surface area contributed by atoms with E-state index in [1.807, 2.05) is 6.07 Å². The Morgan fingerprint density at radius 3 is 2.64 bits per heavy atom. The van der Waals surface area contributed by atoms with Gasteiger partial charge in [-0.05, 0) is 6.07 Å². The average Bonchev–Trinajstić information content (AvgIpc) is 2.45. The van der Waals surface area contributed by atoms with Crippen LogP contribution in [0.5, 0.6) is 0 Å². The molecule has 2 heteroatoms. The molecule has 1 aliphatic carbocycles. The zero-order chi connectivity index (χ0) is 10.3. The fourth-order valence-electron chi connectivity index (χ4n) is 1.75. The van der Waals surface area contributed by atoms with Crippen LogP contribution in [0, 0.1) is 0 Å². The van der Waals surface area contributed by atoms with Crippen molar-refractivity contribution in [2.45, 2.75) is 45.4 Å². The van der Waals surface area contributed by atoms with Gasteiger partial charge < -0.3 is 4.42 Å². The van der Waals surface area contributed by atoms with Crippen molar-refractivity contribution in [3.63, 3.8) is 0 Å². The SMILES string of the molecule is CC(C)(C)c1cc2c(o1)CCC(=O)C2. The van der Waals surface area contributed by atoms with E-state index in [4.69, 9.17) is 4.42 Å². The van der Waals surface area contributed by atoms with Gasteiger partial charge in [-0.1, -0.05) is 20.8 Å². The summed E-state index contributed by atoms with van der Waals surface area (Å²) in [5, 5.41) is 0. The second-order valence-electron chi connectivity index (χ2n) is 5.02. The molecule has 0 N–H and O–H groups in total. The van der Waals surface area contributed by atoms with Crippen molar-refractivity contribution < 1.29 is 9.21 Å². The summed E-state index contributed by atoms with van der Waals surface area (Å²) in [4.78, 5) is 11.2. The van der Waals surface area contributed by atoms with Crippen molar-refractivity contribution >= 4 is 5.78 Å². The van der Waals surface area contributed by atoms with Crippen LogP contribution >= 0.6 is 0 Å². The van der Waals surface area contributed by atoms with Crippen LogP contribution in [0.3, 0.4) is 0 Å². The summed E-state index contributed by atoms with van der Waals surface area (Å²) in [6.07, 6.45) is 1.99. The first-order valence-corrected chi connectivity index (χ1v) is 5.10. The molecule has 0 amide bonds. The molecule has 0 fully saturated rings. The van der Waals surface area contributed by atoms with Crippen LogP contribution in [0.15, 0.2) is 10.5 Å². The number of carbonyl (C=O) groups is 1. The molecule has 1 aromatic rings. The van der Waals surface area contributed by atoms with Crippen molar-refractivity contribution in [2.75, 3.05) is 0 Å². The molecule has 76 valence electrons. The van der Waals surface area contributed by atoms with Crippen molar-refractivity contribution in [1.29, 1.82) is 0 Å². The van der Waals surface area contributed by atoms with Gasteiger partial charge in [0.05, 0.1) is 0 Å². The Morgan fingerprint density at radius 1 is 1.29 bits per heavy atom. The summed E-state index contributed by atoms with van der Waals surface area (Å²) in [6, 6.07) is 2.05. The predicted octanol–water partition coefficient (Wildman–Crippen LogP) is 2.63. The van der Waals surface area contributed by atoms with Crippen molar-refractivity contribution in [1.82, 2.24) is 0 Å². The molecule has 0 saturated carbocycles. The lowest BCUT2D eigenvalue weighted by Crippen LogP contribution is -2.10. The van der Waals surface area contributed by atoms with E-state index in [2.05, 4.69) is 20.8 Å². The van der Waals surface area contributed by atoms with Gasteiger partial charge in [0.15, 0.2) is 0 Å². The van der Waals surface area contributed by atoms with Gasteiger partial charge in [0, 0.05) is 30.2 Å². The van der Waals surface area contributed by atoms with Crippen molar-refractivity contribution in [3.05, 3.63) is 23.2 Å². The Morgan fingerprint density at radius 2 is 2.00 bits per heavy atom. The van der Waals surface area contributed by atoms with Crippen LogP contribution in [-0.2, 0) is 23.1 Å². The van der Waals surface area contributed by atoms with Crippen LogP contribution in [0.2, 0.25) is 0 Å². The maximum Gasteiger partial charge on any atom is 0.137 e. The minimum absolute atomic E-state index is 0.0421. The van der Waals surface area contributed by atoms with E-state index in [9.17, 15) is 4.79 Å². The van der Waals surface area contributed by atoms with Gasteiger partial charge in [0.1, 0.15) is 17.3 Å². The topological polar surface area (TPSA) is 30.2 Å². The van der Waals surface area contributed by atoms with Crippen molar-refractivity contribution in [3.8, 4) is 0 Å². The first kappa shape index (κ1) is 9.50. The molecule has 0 unspecified atom stereocenters. The van der Waals surface area contributed by atoms with Gasteiger partial charge in [-0.2, -0.15) is 0 Å². The highest BCUT2D eigenvalue weighted by Crippen LogP contribution is 2.30. The number of hydrogen-bond donors (Lipinski definition) is 0. The number of furan rings is 1. The van der Waals surface area contributed by atoms with E-state index in [0.29, 0.717) is 18.6 Å². The Hall–Kier alpha value is -1.05. The highest BCUT2D eigenvalue weighted by molar-refractivity contribution is 5.82. The van der Waals surface area contributed by atoms with Gasteiger partial charge >= 0.3 is 0 Å². The maximum absolute atomic E-state index is 11.2. The maximum atomic E-state index is 11.2. The number of hydrogen-bond acceptors (Lipinski definition) is 2. The molecular weight excluding hydrogens is 176 g/mol. The van der Waals surface area contributed by atoms with E-state index in [-0.39, 0.29) is 5.41 Å². The smallest absolute Gasteiger partial charge is 0.137 e. The molecule has 0 aromatic carbocycles. The number of carbonyl (C=O) groups excluding carboxylic acids is 1. The van der Waals surface area contributed by atoms with Gasteiger partial charge in [0.2, 0.25) is 0 Å². The number of Topliss-reactive ketones (excluding diaryl/α,β-unsaturated/α-hetero) is 1. The third kappa shape index (κ3) is 1.61. The molecule has 1 heterocycles. The van der Waals surface area contributed by atoms with E-state index in [0.717, 1.165) is 23.5 Å². The first-order chi connectivity index (χ1) is 6.47. The van der Waals surface area contributed by atoms with Crippen LogP contribution < -0.4 is 0 Å². The van der Waals surface area contributed by atoms with E-state index >= 15 is 0 Å². The molecule has 2 nitrogen and oxygen atoms in total. The quantitative estimate of drug-likeness (QED) is 0.632. The highest BCUT2D eigenvalue weighted by atomic mass is 16.3. The molecule has 0 spiro atoms. The van der Waals surface area contributed by atoms with Crippen molar-refractivity contribution in [2.24, 2.45) is 0 Å². The fraction of sp³-hybridized carbons (Fsp3) is 0.583. The van der Waals surface area contributed by atoms with Gasteiger partial charge in [-0.25, -0.2) is 0 Å². The van der Waals surface area contributed by atoms with Crippen LogP contribution in [0.4, 0.5) is 0 Å². The Kier molecular flexibility index (Phi) is 2.02. The molecule has 1 aliphatic rings. The third-order valence-corrected chi connectivity index (χ3v) is 2.65. The average molecular weight is 192 g/mol.